The van der Waals surface area contributed by atoms with Gasteiger partial charge in [0.1, 0.15) is 0 Å². The molecule has 9 heteroatoms. The molecule has 144 valence electrons. The number of rotatable bonds is 6. The molecule has 3 rings (SSSR count). The van der Waals surface area contributed by atoms with E-state index < -0.39 is 10.8 Å². The summed E-state index contributed by atoms with van der Waals surface area (Å²) in [5.41, 5.74) is 1.48. The lowest BCUT2D eigenvalue weighted by Gasteiger charge is -2.04. The molecule has 0 unspecified atom stereocenters. The van der Waals surface area contributed by atoms with E-state index >= 15 is 0 Å². The van der Waals surface area contributed by atoms with Crippen LogP contribution < -0.4 is 5.32 Å². The molecule has 6 nitrogen and oxygen atoms in total. The van der Waals surface area contributed by atoms with E-state index in [1.165, 1.54) is 35.6 Å². The molecule has 0 aliphatic rings. The number of thiazole rings is 1. The summed E-state index contributed by atoms with van der Waals surface area (Å²) in [6.07, 6.45) is 1.68. The number of nitrogens with zero attached hydrogens (tertiary/aromatic N) is 2. The van der Waals surface area contributed by atoms with E-state index in [0.29, 0.717) is 20.9 Å². The number of hydrogen-bond donors (Lipinski definition) is 1. The Labute approximate surface area is 175 Å². The van der Waals surface area contributed by atoms with E-state index in [-0.39, 0.29) is 11.3 Å². The van der Waals surface area contributed by atoms with Crippen molar-refractivity contribution in [1.82, 2.24) is 4.98 Å². The summed E-state index contributed by atoms with van der Waals surface area (Å²) >= 11 is 13.7. The first kappa shape index (κ1) is 20.3. The molecular weight excluding hydrogens is 421 g/mol. The fourth-order valence-corrected chi connectivity index (χ4v) is 4.19. The quantitative estimate of drug-likeness (QED) is 0.367. The molecule has 1 heterocycles. The van der Waals surface area contributed by atoms with Crippen LogP contribution in [0.5, 0.6) is 0 Å². The van der Waals surface area contributed by atoms with Crippen molar-refractivity contribution >= 4 is 51.3 Å². The molecular formula is C19H15Cl2N3O3S. The summed E-state index contributed by atoms with van der Waals surface area (Å²) in [4.78, 5) is 28.4. The molecule has 0 spiro atoms. The summed E-state index contributed by atoms with van der Waals surface area (Å²) in [5.74, 6) is -0.464. The number of nitro benzene ring substituents is 1. The predicted octanol–water partition coefficient (Wildman–Crippen LogP) is 6.23. The van der Waals surface area contributed by atoms with E-state index in [1.807, 2.05) is 6.92 Å². The van der Waals surface area contributed by atoms with Crippen molar-refractivity contribution < 1.29 is 9.72 Å². The van der Waals surface area contributed by atoms with Gasteiger partial charge in [0.15, 0.2) is 5.13 Å². The van der Waals surface area contributed by atoms with Gasteiger partial charge in [-0.15, -0.1) is 11.3 Å². The van der Waals surface area contributed by atoms with E-state index in [2.05, 4.69) is 10.3 Å². The van der Waals surface area contributed by atoms with Gasteiger partial charge >= 0.3 is 0 Å². The van der Waals surface area contributed by atoms with Crippen LogP contribution in [-0.4, -0.2) is 15.8 Å². The lowest BCUT2D eigenvalue weighted by atomic mass is 10.1. The molecule has 0 saturated heterocycles. The van der Waals surface area contributed by atoms with Crippen LogP contribution >= 0.6 is 34.5 Å². The van der Waals surface area contributed by atoms with Gasteiger partial charge in [-0.3, -0.25) is 20.2 Å². The third-order valence-electron chi connectivity index (χ3n) is 3.90. The first-order chi connectivity index (χ1) is 13.4. The van der Waals surface area contributed by atoms with Crippen LogP contribution in [0.25, 0.3) is 11.3 Å². The predicted molar refractivity (Wildman–Crippen MR) is 113 cm³/mol. The maximum atomic E-state index is 12.5. The molecule has 1 aromatic heterocycles. The van der Waals surface area contributed by atoms with Gasteiger partial charge in [0.2, 0.25) is 0 Å². The first-order valence-corrected chi connectivity index (χ1v) is 9.97. The summed E-state index contributed by atoms with van der Waals surface area (Å²) < 4.78 is 0. The maximum Gasteiger partial charge on any atom is 0.270 e. The molecule has 2 aromatic carbocycles. The molecule has 0 saturated carbocycles. The fourth-order valence-electron chi connectivity index (χ4n) is 2.62. The Morgan fingerprint density at radius 1 is 1.25 bits per heavy atom. The van der Waals surface area contributed by atoms with Crippen molar-refractivity contribution in [3.8, 4) is 11.3 Å². The van der Waals surface area contributed by atoms with Gasteiger partial charge in [0.05, 0.1) is 15.6 Å². The van der Waals surface area contributed by atoms with Gasteiger partial charge in [0, 0.05) is 33.2 Å². The first-order valence-electron chi connectivity index (χ1n) is 8.40. The number of halogens is 2. The van der Waals surface area contributed by atoms with Crippen molar-refractivity contribution in [2.75, 3.05) is 5.32 Å². The summed E-state index contributed by atoms with van der Waals surface area (Å²) in [7, 11) is 0. The highest BCUT2D eigenvalue weighted by Gasteiger charge is 2.18. The number of hydrogen-bond acceptors (Lipinski definition) is 5. The molecule has 1 N–H and O–H groups in total. The lowest BCUT2D eigenvalue weighted by Crippen LogP contribution is -2.11. The minimum atomic E-state index is -0.542. The Kier molecular flexibility index (Phi) is 6.28. The van der Waals surface area contributed by atoms with Gasteiger partial charge in [0.25, 0.3) is 11.6 Å². The van der Waals surface area contributed by atoms with Crippen molar-refractivity contribution in [2.24, 2.45) is 0 Å². The Morgan fingerprint density at radius 2 is 2.04 bits per heavy atom. The number of aryl methyl sites for hydroxylation is 1. The topological polar surface area (TPSA) is 85.1 Å². The van der Waals surface area contributed by atoms with Crippen molar-refractivity contribution in [1.29, 1.82) is 0 Å². The van der Waals surface area contributed by atoms with Crippen LogP contribution in [0.2, 0.25) is 10.0 Å². The average Bonchev–Trinajstić information content (AvgIpc) is 3.04. The highest BCUT2D eigenvalue weighted by molar-refractivity contribution is 7.16. The number of carbonyl (C=O) groups excluding carboxylic acids is 1. The van der Waals surface area contributed by atoms with Gasteiger partial charge in [-0.05, 0) is 30.7 Å². The van der Waals surface area contributed by atoms with E-state index in [4.69, 9.17) is 23.2 Å². The van der Waals surface area contributed by atoms with Gasteiger partial charge in [-0.25, -0.2) is 4.98 Å². The monoisotopic (exact) mass is 435 g/mol. The Balaban J connectivity index is 1.92. The Bertz CT molecular complexity index is 1050. The van der Waals surface area contributed by atoms with Crippen LogP contribution in [0, 0.1) is 10.1 Å². The zero-order valence-corrected chi connectivity index (χ0v) is 17.1. The number of nitro groups is 1. The number of amides is 1. The highest BCUT2D eigenvalue weighted by atomic mass is 35.5. The maximum absolute atomic E-state index is 12.5. The fraction of sp³-hybridized carbons (Fsp3) is 0.158. The van der Waals surface area contributed by atoms with Gasteiger partial charge in [-0.2, -0.15) is 0 Å². The number of nitrogens with one attached hydrogen (secondary N) is 1. The number of aromatic nitrogens is 1. The molecule has 28 heavy (non-hydrogen) atoms. The summed E-state index contributed by atoms with van der Waals surface area (Å²) in [5, 5.41) is 15.0. The number of carbonyl (C=O) groups is 1. The van der Waals surface area contributed by atoms with Crippen molar-refractivity contribution in [3.05, 3.63) is 73.1 Å². The van der Waals surface area contributed by atoms with Crippen molar-refractivity contribution in [3.63, 3.8) is 0 Å². The molecule has 0 aliphatic carbocycles. The van der Waals surface area contributed by atoms with Crippen LogP contribution in [-0.2, 0) is 6.42 Å². The summed E-state index contributed by atoms with van der Waals surface area (Å²) in [6, 6.07) is 10.7. The third-order valence-corrected chi connectivity index (χ3v) is 5.48. The molecule has 0 bridgehead atoms. The standard InChI is InChI=1S/C19H15Cl2N3O3S/c1-2-4-16-17(14-8-7-12(20)10-15(14)21)22-19(28-16)23-18(25)11-5-3-6-13(9-11)24(26)27/h3,5-10H,2,4H2,1H3,(H,22,23,25). The Morgan fingerprint density at radius 3 is 2.71 bits per heavy atom. The molecule has 0 radical (unpaired) electrons. The smallest absolute Gasteiger partial charge is 0.270 e. The van der Waals surface area contributed by atoms with Gasteiger partial charge in [-0.1, -0.05) is 42.6 Å². The zero-order valence-electron chi connectivity index (χ0n) is 14.7. The lowest BCUT2D eigenvalue weighted by molar-refractivity contribution is -0.384. The van der Waals surface area contributed by atoms with E-state index in [0.717, 1.165) is 23.3 Å². The SMILES string of the molecule is CCCc1sc(NC(=O)c2cccc([N+](=O)[O-])c2)nc1-c1ccc(Cl)cc1Cl. The minimum absolute atomic E-state index is 0.146. The second-order valence-corrected chi connectivity index (χ2v) is 7.85. The highest BCUT2D eigenvalue weighted by Crippen LogP contribution is 2.37. The molecule has 0 fully saturated rings. The third kappa shape index (κ3) is 4.49. The molecule has 0 atom stereocenters. The van der Waals surface area contributed by atoms with Crippen LogP contribution in [0.1, 0.15) is 28.6 Å². The molecule has 0 aliphatic heterocycles. The normalized spacial score (nSPS) is 10.7. The summed E-state index contributed by atoms with van der Waals surface area (Å²) in [6.45, 7) is 2.05. The van der Waals surface area contributed by atoms with Crippen LogP contribution in [0.4, 0.5) is 10.8 Å². The number of non-ortho nitro benzene ring substituents is 1. The Hall–Kier alpha value is -2.48. The average molecular weight is 436 g/mol. The number of anilines is 1. The zero-order chi connectivity index (χ0) is 20.3. The van der Waals surface area contributed by atoms with E-state index in [9.17, 15) is 14.9 Å². The largest absolute Gasteiger partial charge is 0.298 e. The van der Waals surface area contributed by atoms with Crippen LogP contribution in [0.3, 0.4) is 0 Å². The second kappa shape index (κ2) is 8.68. The second-order valence-electron chi connectivity index (χ2n) is 5.93. The molecule has 3 aromatic rings. The van der Waals surface area contributed by atoms with Crippen LogP contribution in [0.15, 0.2) is 42.5 Å². The number of benzene rings is 2. The van der Waals surface area contributed by atoms with Crippen molar-refractivity contribution in [2.45, 2.75) is 19.8 Å². The van der Waals surface area contributed by atoms with E-state index in [1.54, 1.807) is 18.2 Å². The van der Waals surface area contributed by atoms with Gasteiger partial charge < -0.3 is 0 Å². The minimum Gasteiger partial charge on any atom is -0.298 e. The molecule has 1 amide bonds.